The molecule has 0 saturated carbocycles. The van der Waals surface area contributed by atoms with E-state index in [0.717, 1.165) is 32.1 Å². The predicted molar refractivity (Wildman–Crippen MR) is 156 cm³/mol. The second-order valence-corrected chi connectivity index (χ2v) is 10.2. The Morgan fingerprint density at radius 2 is 1.89 bits per heavy atom. The van der Waals surface area contributed by atoms with E-state index in [2.05, 4.69) is 81.3 Å². The fraction of sp³-hybridized carbons (Fsp3) is 0.424. The van der Waals surface area contributed by atoms with E-state index < -0.39 is 0 Å². The fourth-order valence-electron chi connectivity index (χ4n) is 5.16. The van der Waals surface area contributed by atoms with Crippen molar-refractivity contribution in [1.82, 2.24) is 4.90 Å². The lowest BCUT2D eigenvalue weighted by Crippen LogP contribution is -2.30. The Morgan fingerprint density at radius 3 is 2.50 bits per heavy atom. The lowest BCUT2D eigenvalue weighted by Gasteiger charge is -2.35. The molecule has 196 valence electrons. The number of aliphatic hydroxyl groups is 1. The Balaban J connectivity index is 0.000000362. The van der Waals surface area contributed by atoms with Gasteiger partial charge >= 0.3 is 0 Å². The van der Waals surface area contributed by atoms with Crippen LogP contribution in [0.4, 0.5) is 0 Å². The first-order valence-corrected chi connectivity index (χ1v) is 13.1. The van der Waals surface area contributed by atoms with E-state index in [-0.39, 0.29) is 13.8 Å². The highest BCUT2D eigenvalue weighted by Crippen LogP contribution is 2.37. The number of hydrogen-bond acceptors (Lipinski definition) is 3. The van der Waals surface area contributed by atoms with Gasteiger partial charge in [0.25, 0.3) is 0 Å². The number of carbonyl (C=O) groups excluding carboxylic acids is 1. The average Bonchev–Trinajstić information content (AvgIpc) is 2.86. The van der Waals surface area contributed by atoms with Gasteiger partial charge in [0.05, 0.1) is 6.54 Å². The summed E-state index contributed by atoms with van der Waals surface area (Å²) in [7, 11) is 1.99. The van der Waals surface area contributed by atoms with Gasteiger partial charge in [-0.15, -0.1) is 0 Å². The predicted octanol–water partition coefficient (Wildman–Crippen LogP) is 7.55. The molecule has 0 aliphatic heterocycles. The number of allylic oxidation sites excluding steroid dienone is 3. The quantitative estimate of drug-likeness (QED) is 0.374. The Labute approximate surface area is 220 Å². The summed E-state index contributed by atoms with van der Waals surface area (Å²) >= 11 is 0. The number of ketones is 1. The van der Waals surface area contributed by atoms with E-state index in [1.807, 2.05) is 19.2 Å². The van der Waals surface area contributed by atoms with E-state index in [0.29, 0.717) is 18.4 Å². The third-order valence-electron chi connectivity index (χ3n) is 7.29. The van der Waals surface area contributed by atoms with Crippen LogP contribution in [0.5, 0.6) is 0 Å². The molecular weight excluding hydrogens is 442 g/mol. The SMILES string of the molecule is C=CC1=C(N(C)CC(C)=O)CCCC1[C@H](C)CCO.C=Cc1cc(Cc2ccccc2C)ccc1C.[HH]. The summed E-state index contributed by atoms with van der Waals surface area (Å²) < 4.78 is 0. The van der Waals surface area contributed by atoms with Gasteiger partial charge < -0.3 is 10.0 Å². The minimum absolute atomic E-state index is 0. The summed E-state index contributed by atoms with van der Waals surface area (Å²) in [6.07, 6.45) is 9.02. The zero-order chi connectivity index (χ0) is 26.7. The van der Waals surface area contributed by atoms with E-state index in [1.54, 1.807) is 6.92 Å². The molecule has 0 saturated heterocycles. The lowest BCUT2D eigenvalue weighted by atomic mass is 9.76. The van der Waals surface area contributed by atoms with Gasteiger partial charge in [0.2, 0.25) is 0 Å². The van der Waals surface area contributed by atoms with Gasteiger partial charge in [-0.3, -0.25) is 4.79 Å². The first-order chi connectivity index (χ1) is 17.2. The van der Waals surface area contributed by atoms with Crippen LogP contribution in [0, 0.1) is 25.7 Å². The Morgan fingerprint density at radius 1 is 1.17 bits per heavy atom. The first kappa shape index (κ1) is 29.3. The summed E-state index contributed by atoms with van der Waals surface area (Å²) in [5, 5.41) is 9.12. The molecule has 3 nitrogen and oxygen atoms in total. The number of rotatable bonds is 10. The molecule has 36 heavy (non-hydrogen) atoms. The van der Waals surface area contributed by atoms with Gasteiger partial charge in [0.1, 0.15) is 5.78 Å². The van der Waals surface area contributed by atoms with Crippen LogP contribution in [-0.4, -0.2) is 36.0 Å². The zero-order valence-corrected chi connectivity index (χ0v) is 23.0. The molecule has 0 bridgehead atoms. The van der Waals surface area contributed by atoms with Crippen LogP contribution in [0.2, 0.25) is 0 Å². The van der Waals surface area contributed by atoms with Gasteiger partial charge in [-0.05, 0) is 98.1 Å². The third kappa shape index (κ3) is 8.34. The summed E-state index contributed by atoms with van der Waals surface area (Å²) in [5.41, 5.74) is 9.14. The molecule has 1 aliphatic carbocycles. The minimum atomic E-state index is 0. The van der Waals surface area contributed by atoms with Crippen LogP contribution in [0.15, 0.2) is 73.0 Å². The summed E-state index contributed by atoms with van der Waals surface area (Å²) in [4.78, 5) is 13.4. The van der Waals surface area contributed by atoms with Gasteiger partial charge in [0.15, 0.2) is 0 Å². The fourth-order valence-corrected chi connectivity index (χ4v) is 5.16. The molecule has 1 aliphatic rings. The molecule has 2 atom stereocenters. The summed E-state index contributed by atoms with van der Waals surface area (Å²) in [6.45, 7) is 16.6. The van der Waals surface area contributed by atoms with Gasteiger partial charge in [-0.1, -0.05) is 74.7 Å². The van der Waals surface area contributed by atoms with Crippen LogP contribution in [0.25, 0.3) is 6.08 Å². The van der Waals surface area contributed by atoms with Crippen molar-refractivity contribution in [2.24, 2.45) is 11.8 Å². The summed E-state index contributed by atoms with van der Waals surface area (Å²) in [5.74, 6) is 1.10. The van der Waals surface area contributed by atoms with Gasteiger partial charge in [0, 0.05) is 20.8 Å². The second kappa shape index (κ2) is 14.6. The van der Waals surface area contributed by atoms with E-state index in [4.69, 9.17) is 5.11 Å². The molecule has 2 aromatic carbocycles. The number of likely N-dealkylation sites (N-methyl/N-ethyl adjacent to an activating group) is 1. The van der Waals surface area contributed by atoms with Crippen molar-refractivity contribution in [3.63, 3.8) is 0 Å². The molecule has 2 aromatic rings. The maximum absolute atomic E-state index is 11.3. The molecular formula is C33H47NO2. The Hall–Kier alpha value is -2.91. The molecule has 3 rings (SSSR count). The molecule has 0 amide bonds. The number of benzene rings is 2. The normalized spacial score (nSPS) is 16.0. The number of nitrogens with zero attached hydrogens (tertiary/aromatic N) is 1. The standard InChI is InChI=1S/C17H18.C16H27NO2.H2/c1-4-16-11-15(10-9-14(16)3)12-17-8-6-5-7-13(17)2;1-5-14-15(12(2)9-10-18)7-6-8-16(14)17(4)11-13(3)19;/h4-11H,1,12H2,2-3H3;5,12,15,18H,1,6-11H2,2-4H3;1H/t;12-,15?;/m.1./s1. The first-order valence-electron chi connectivity index (χ1n) is 13.1. The molecule has 0 aromatic heterocycles. The van der Waals surface area contributed by atoms with Crippen molar-refractivity contribution in [2.75, 3.05) is 20.2 Å². The van der Waals surface area contributed by atoms with Crippen molar-refractivity contribution in [3.8, 4) is 0 Å². The lowest BCUT2D eigenvalue weighted by molar-refractivity contribution is -0.117. The molecule has 0 heterocycles. The van der Waals surface area contributed by atoms with Crippen LogP contribution >= 0.6 is 0 Å². The van der Waals surface area contributed by atoms with Crippen molar-refractivity contribution < 1.29 is 11.3 Å². The topological polar surface area (TPSA) is 40.5 Å². The number of aliphatic hydroxyl groups excluding tert-OH is 1. The maximum atomic E-state index is 11.3. The summed E-state index contributed by atoms with van der Waals surface area (Å²) in [6, 6.07) is 15.2. The van der Waals surface area contributed by atoms with Crippen molar-refractivity contribution in [1.29, 1.82) is 0 Å². The van der Waals surface area contributed by atoms with E-state index in [9.17, 15) is 4.79 Å². The van der Waals surface area contributed by atoms with Crippen LogP contribution < -0.4 is 0 Å². The largest absolute Gasteiger partial charge is 0.396 e. The Kier molecular flexibility index (Phi) is 11.9. The highest BCUT2D eigenvalue weighted by atomic mass is 16.3. The number of hydrogen-bond donors (Lipinski definition) is 1. The maximum Gasteiger partial charge on any atom is 0.149 e. The molecule has 1 unspecified atom stereocenters. The Bertz CT molecular complexity index is 1070. The number of Topliss-reactive ketones (excluding diaryl/α,β-unsaturated/α-hetero) is 1. The minimum Gasteiger partial charge on any atom is -0.396 e. The monoisotopic (exact) mass is 489 g/mol. The van der Waals surface area contributed by atoms with Crippen molar-refractivity contribution in [2.45, 2.75) is 59.8 Å². The highest BCUT2D eigenvalue weighted by molar-refractivity contribution is 5.77. The molecule has 0 fully saturated rings. The molecule has 1 N–H and O–H groups in total. The smallest absolute Gasteiger partial charge is 0.149 e. The van der Waals surface area contributed by atoms with Gasteiger partial charge in [-0.25, -0.2) is 0 Å². The van der Waals surface area contributed by atoms with Gasteiger partial charge in [-0.2, -0.15) is 0 Å². The molecule has 0 spiro atoms. The van der Waals surface area contributed by atoms with Crippen LogP contribution in [0.1, 0.15) is 68.8 Å². The zero-order valence-electron chi connectivity index (χ0n) is 23.0. The highest BCUT2D eigenvalue weighted by Gasteiger charge is 2.27. The van der Waals surface area contributed by atoms with Crippen molar-refractivity contribution in [3.05, 3.63) is 101 Å². The molecule has 3 heteroatoms. The van der Waals surface area contributed by atoms with Crippen molar-refractivity contribution >= 4 is 11.9 Å². The average molecular weight is 490 g/mol. The van der Waals surface area contributed by atoms with Crippen LogP contribution in [-0.2, 0) is 11.2 Å². The van der Waals surface area contributed by atoms with E-state index in [1.165, 1.54) is 39.1 Å². The number of carbonyl (C=O) groups is 1. The second-order valence-electron chi connectivity index (χ2n) is 10.2. The number of aryl methyl sites for hydroxylation is 2. The third-order valence-corrected chi connectivity index (χ3v) is 7.29. The van der Waals surface area contributed by atoms with Crippen LogP contribution in [0.3, 0.4) is 0 Å². The molecule has 0 radical (unpaired) electrons. The van der Waals surface area contributed by atoms with E-state index >= 15 is 0 Å².